The van der Waals surface area contributed by atoms with Gasteiger partial charge in [-0.15, -0.1) is 0 Å². The fourth-order valence-electron chi connectivity index (χ4n) is 3.96. The monoisotopic (exact) mass is 545 g/mol. The molecule has 0 bridgehead atoms. The van der Waals surface area contributed by atoms with Crippen LogP contribution in [-0.2, 0) is 22.6 Å². The minimum absolute atomic E-state index is 0.0736. The second-order valence-corrected chi connectivity index (χ2v) is 9.10. The van der Waals surface area contributed by atoms with Crippen molar-refractivity contribution in [2.24, 2.45) is 0 Å². The van der Waals surface area contributed by atoms with Crippen molar-refractivity contribution >= 4 is 24.0 Å². The first-order chi connectivity index (χ1) is 17.9. The molecule has 1 amide bonds. The van der Waals surface area contributed by atoms with E-state index in [-0.39, 0.29) is 17.9 Å². The highest BCUT2D eigenvalue weighted by molar-refractivity contribution is 5.73. The van der Waals surface area contributed by atoms with E-state index in [0.717, 1.165) is 35.5 Å². The zero-order chi connectivity index (χ0) is 28.0. The summed E-state index contributed by atoms with van der Waals surface area (Å²) < 4.78 is 64.5. The third-order valence-electron chi connectivity index (χ3n) is 5.77. The summed E-state index contributed by atoms with van der Waals surface area (Å²) in [5, 5.41) is 10.5. The zero-order valence-electron chi connectivity index (χ0n) is 20.8. The predicted molar refractivity (Wildman–Crippen MR) is 127 cm³/mol. The molecule has 208 valence electrons. The van der Waals surface area contributed by atoms with Crippen molar-refractivity contribution in [3.8, 4) is 5.75 Å². The molecule has 0 atom stereocenters. The number of ether oxygens (including phenoxy) is 1. The first-order valence-corrected chi connectivity index (χ1v) is 11.9. The smallest absolute Gasteiger partial charge is 0.487 e. The molecular formula is C24H28F5N5O4. The normalized spacial score (nSPS) is 15.9. The number of alkyl halides is 3. The molecule has 2 aromatic rings. The van der Waals surface area contributed by atoms with Crippen molar-refractivity contribution in [1.29, 1.82) is 0 Å². The summed E-state index contributed by atoms with van der Waals surface area (Å²) in [4.78, 5) is 33.6. The Kier molecular flexibility index (Phi) is 9.28. The number of halogens is 5. The standard InChI is InChI=1S/C22H27F2N5O2.C2HF3O2/c1-14(2)25-21-22(27-19-12-28(13-30)8-7-18(19)26-21)29-9-5-16(6-10-29)31-20-4-3-15(23)11-17(20)24;3-2(4,5)1(6)7/h3-4,11,13-14,16H,5-10,12H2,1-2H3,(H,25,26);(H,6,7). The average molecular weight is 546 g/mol. The minimum Gasteiger partial charge on any atom is -0.487 e. The van der Waals surface area contributed by atoms with Crippen LogP contribution in [0.2, 0.25) is 0 Å². The average Bonchev–Trinajstić information content (AvgIpc) is 2.85. The van der Waals surface area contributed by atoms with E-state index in [9.17, 15) is 26.7 Å². The van der Waals surface area contributed by atoms with E-state index in [1.165, 1.54) is 12.1 Å². The van der Waals surface area contributed by atoms with Gasteiger partial charge in [0.25, 0.3) is 0 Å². The second kappa shape index (κ2) is 12.2. The summed E-state index contributed by atoms with van der Waals surface area (Å²) in [6.45, 7) is 6.56. The molecule has 14 heteroatoms. The molecule has 1 fully saturated rings. The van der Waals surface area contributed by atoms with Gasteiger partial charge in [0.15, 0.2) is 23.2 Å². The number of anilines is 2. The summed E-state index contributed by atoms with van der Waals surface area (Å²) in [5.74, 6) is -2.48. The maximum Gasteiger partial charge on any atom is 0.490 e. The summed E-state index contributed by atoms with van der Waals surface area (Å²) >= 11 is 0. The summed E-state index contributed by atoms with van der Waals surface area (Å²) in [6.07, 6.45) is -2.35. The van der Waals surface area contributed by atoms with E-state index >= 15 is 0 Å². The summed E-state index contributed by atoms with van der Waals surface area (Å²) in [7, 11) is 0. The lowest BCUT2D eigenvalue weighted by Crippen LogP contribution is -2.40. The third-order valence-corrected chi connectivity index (χ3v) is 5.77. The van der Waals surface area contributed by atoms with Crippen molar-refractivity contribution in [3.63, 3.8) is 0 Å². The van der Waals surface area contributed by atoms with Crippen LogP contribution in [0.25, 0.3) is 0 Å². The molecule has 0 spiro atoms. The van der Waals surface area contributed by atoms with Crippen LogP contribution in [-0.4, -0.2) is 70.3 Å². The number of nitrogens with one attached hydrogen (secondary N) is 1. The first-order valence-electron chi connectivity index (χ1n) is 11.9. The number of aliphatic carboxylic acids is 1. The Morgan fingerprint density at radius 3 is 2.37 bits per heavy atom. The largest absolute Gasteiger partial charge is 0.490 e. The Bertz CT molecular complexity index is 1140. The number of carbonyl (C=O) groups excluding carboxylic acids is 1. The zero-order valence-corrected chi connectivity index (χ0v) is 20.8. The molecule has 2 N–H and O–H groups in total. The van der Waals surface area contributed by atoms with Crippen LogP contribution in [0.5, 0.6) is 5.75 Å². The van der Waals surface area contributed by atoms with Gasteiger partial charge < -0.3 is 25.0 Å². The maximum atomic E-state index is 13.9. The number of hydrogen-bond acceptors (Lipinski definition) is 7. The molecule has 0 saturated carbocycles. The topological polar surface area (TPSA) is 108 Å². The van der Waals surface area contributed by atoms with Gasteiger partial charge in [0.1, 0.15) is 11.9 Å². The Hall–Kier alpha value is -3.71. The molecule has 1 aromatic heterocycles. The summed E-state index contributed by atoms with van der Waals surface area (Å²) in [5.41, 5.74) is 1.75. The molecule has 0 aliphatic carbocycles. The molecule has 2 aliphatic heterocycles. The number of rotatable bonds is 6. The Morgan fingerprint density at radius 2 is 1.82 bits per heavy atom. The van der Waals surface area contributed by atoms with Gasteiger partial charge in [0.2, 0.25) is 6.41 Å². The molecule has 2 aliphatic rings. The molecule has 3 heterocycles. The second-order valence-electron chi connectivity index (χ2n) is 9.10. The highest BCUT2D eigenvalue weighted by Crippen LogP contribution is 2.30. The SMILES string of the molecule is CC(C)Nc1nc2c(nc1N1CCC(Oc3ccc(F)cc3F)CC1)CN(C=O)CC2.O=C(O)C(F)(F)F. The molecule has 1 saturated heterocycles. The predicted octanol–water partition coefficient (Wildman–Crippen LogP) is 3.77. The number of nitrogens with zero attached hydrogens (tertiary/aromatic N) is 4. The van der Waals surface area contributed by atoms with Gasteiger partial charge in [-0.2, -0.15) is 13.2 Å². The fraction of sp³-hybridized carbons (Fsp3) is 0.500. The van der Waals surface area contributed by atoms with Gasteiger partial charge in [-0.25, -0.2) is 23.5 Å². The van der Waals surface area contributed by atoms with E-state index in [1.54, 1.807) is 4.90 Å². The third kappa shape index (κ3) is 7.65. The molecule has 0 unspecified atom stereocenters. The van der Waals surface area contributed by atoms with Crippen LogP contribution in [0.15, 0.2) is 18.2 Å². The van der Waals surface area contributed by atoms with Crippen molar-refractivity contribution in [2.75, 3.05) is 29.9 Å². The number of carboxylic acids is 1. The quantitative estimate of drug-likeness (QED) is 0.417. The number of carboxylic acid groups (broad SMARTS) is 1. The van der Waals surface area contributed by atoms with Crippen molar-refractivity contribution in [1.82, 2.24) is 14.9 Å². The highest BCUT2D eigenvalue weighted by atomic mass is 19.4. The summed E-state index contributed by atoms with van der Waals surface area (Å²) in [6, 6.07) is 3.56. The molecular weight excluding hydrogens is 517 g/mol. The number of carbonyl (C=O) groups is 2. The molecule has 1 aromatic carbocycles. The van der Waals surface area contributed by atoms with Crippen LogP contribution in [0, 0.1) is 11.6 Å². The molecule has 0 radical (unpaired) electrons. The van der Waals surface area contributed by atoms with Gasteiger partial charge in [0, 0.05) is 51.0 Å². The van der Waals surface area contributed by atoms with Crippen LogP contribution < -0.4 is 15.0 Å². The van der Waals surface area contributed by atoms with Crippen LogP contribution >= 0.6 is 0 Å². The van der Waals surface area contributed by atoms with Crippen LogP contribution in [0.3, 0.4) is 0 Å². The first kappa shape index (κ1) is 28.9. The molecule has 38 heavy (non-hydrogen) atoms. The van der Waals surface area contributed by atoms with Gasteiger partial charge in [0.05, 0.1) is 17.9 Å². The number of fused-ring (bicyclic) bond motifs is 1. The van der Waals surface area contributed by atoms with Gasteiger partial charge >= 0.3 is 12.1 Å². The number of piperidine rings is 1. The van der Waals surface area contributed by atoms with Crippen LogP contribution in [0.1, 0.15) is 38.1 Å². The van der Waals surface area contributed by atoms with E-state index in [0.29, 0.717) is 45.4 Å². The maximum absolute atomic E-state index is 13.9. The van der Waals surface area contributed by atoms with Gasteiger partial charge in [-0.3, -0.25) is 4.79 Å². The Balaban J connectivity index is 0.000000505. The van der Waals surface area contributed by atoms with Crippen LogP contribution in [0.4, 0.5) is 33.6 Å². The van der Waals surface area contributed by atoms with Crippen molar-refractivity contribution in [2.45, 2.75) is 58.0 Å². The van der Waals surface area contributed by atoms with Gasteiger partial charge in [-0.1, -0.05) is 0 Å². The Morgan fingerprint density at radius 1 is 1.16 bits per heavy atom. The lowest BCUT2D eigenvalue weighted by Gasteiger charge is -2.35. The fourth-order valence-corrected chi connectivity index (χ4v) is 3.96. The van der Waals surface area contributed by atoms with E-state index in [4.69, 9.17) is 24.6 Å². The van der Waals surface area contributed by atoms with E-state index in [2.05, 4.69) is 24.1 Å². The number of aromatic nitrogens is 2. The number of benzene rings is 1. The lowest BCUT2D eigenvalue weighted by molar-refractivity contribution is -0.192. The van der Waals surface area contributed by atoms with Gasteiger partial charge in [-0.05, 0) is 26.0 Å². The highest BCUT2D eigenvalue weighted by Gasteiger charge is 2.38. The molecule has 9 nitrogen and oxygen atoms in total. The van der Waals surface area contributed by atoms with E-state index < -0.39 is 23.8 Å². The van der Waals surface area contributed by atoms with Crippen molar-refractivity contribution in [3.05, 3.63) is 41.2 Å². The number of amides is 1. The minimum atomic E-state index is -5.08. The van der Waals surface area contributed by atoms with Crippen molar-refractivity contribution < 1.29 is 41.4 Å². The van der Waals surface area contributed by atoms with E-state index in [1.807, 2.05) is 0 Å². The molecule has 4 rings (SSSR count). The lowest BCUT2D eigenvalue weighted by atomic mass is 10.1. The Labute approximate surface area is 215 Å². The number of hydrogen-bond donors (Lipinski definition) is 2.